The fourth-order valence-corrected chi connectivity index (χ4v) is 5.98. The van der Waals surface area contributed by atoms with Crippen molar-refractivity contribution in [3.05, 3.63) is 65.2 Å². The Morgan fingerprint density at radius 3 is 2.81 bits per heavy atom. The number of pyridine rings is 1. The lowest BCUT2D eigenvalue weighted by Gasteiger charge is -2.44. The summed E-state index contributed by atoms with van der Waals surface area (Å²) >= 11 is 0. The lowest BCUT2D eigenvalue weighted by atomic mass is 9.64. The molecule has 0 radical (unpaired) electrons. The Morgan fingerprint density at radius 1 is 1.31 bits per heavy atom. The molecular weight excluding hydrogens is 408 g/mol. The zero-order valence-corrected chi connectivity index (χ0v) is 18.1. The summed E-state index contributed by atoms with van der Waals surface area (Å²) in [5.74, 6) is -0.959. The molecule has 32 heavy (non-hydrogen) atoms. The Bertz CT molecular complexity index is 1090. The van der Waals surface area contributed by atoms with Crippen molar-refractivity contribution in [2.45, 2.75) is 51.2 Å². The number of fused-ring (bicyclic) bond motifs is 3. The number of hydrogen-bond acceptors (Lipinski definition) is 6. The van der Waals surface area contributed by atoms with Gasteiger partial charge in [-0.25, -0.2) is 0 Å². The largest absolute Gasteiger partial charge is 0.489 e. The molecule has 2 heterocycles. The minimum Gasteiger partial charge on any atom is -0.489 e. The second-order valence-corrected chi connectivity index (χ2v) is 9.40. The van der Waals surface area contributed by atoms with Gasteiger partial charge in [0.15, 0.2) is 5.78 Å². The van der Waals surface area contributed by atoms with Crippen LogP contribution in [-0.4, -0.2) is 34.9 Å². The van der Waals surface area contributed by atoms with E-state index < -0.39 is 11.8 Å². The first kappa shape index (κ1) is 20.7. The smallest absolute Gasteiger partial charge is 0.302 e. The molecule has 2 unspecified atom stereocenters. The van der Waals surface area contributed by atoms with Gasteiger partial charge >= 0.3 is 5.97 Å². The second-order valence-electron chi connectivity index (χ2n) is 9.40. The van der Waals surface area contributed by atoms with Crippen molar-refractivity contribution >= 4 is 17.7 Å². The Balaban J connectivity index is 1.53. The quantitative estimate of drug-likeness (QED) is 0.733. The third-order valence-corrected chi connectivity index (χ3v) is 7.46. The summed E-state index contributed by atoms with van der Waals surface area (Å²) in [4.78, 5) is 40.6. The molecule has 0 aromatic carbocycles. The molecule has 3 aliphatic carbocycles. The summed E-state index contributed by atoms with van der Waals surface area (Å²) in [5.41, 5.74) is 7.63. The van der Waals surface area contributed by atoms with Crippen LogP contribution in [-0.2, 0) is 23.9 Å². The van der Waals surface area contributed by atoms with Gasteiger partial charge in [0.1, 0.15) is 18.0 Å². The Morgan fingerprint density at radius 2 is 2.12 bits per heavy atom. The number of esters is 1. The number of allylic oxidation sites excluding steroid dienone is 4. The van der Waals surface area contributed by atoms with Crippen LogP contribution in [0, 0.1) is 17.3 Å². The van der Waals surface area contributed by atoms with Crippen LogP contribution in [0.15, 0.2) is 59.7 Å². The predicted octanol–water partition coefficient (Wildman–Crippen LogP) is 2.74. The lowest BCUT2D eigenvalue weighted by Crippen LogP contribution is -2.42. The molecule has 5 rings (SSSR count). The number of rotatable bonds is 3. The highest BCUT2D eigenvalue weighted by molar-refractivity contribution is 6.02. The molecule has 1 aliphatic heterocycles. The number of carbonyl (C=O) groups is 3. The van der Waals surface area contributed by atoms with Gasteiger partial charge < -0.3 is 15.2 Å². The summed E-state index contributed by atoms with van der Waals surface area (Å²) < 4.78 is 12.2. The number of carbonyl (C=O) groups excluding carboxylic acids is 3. The second kappa shape index (κ2) is 7.43. The molecule has 1 aromatic heterocycles. The third kappa shape index (κ3) is 3.18. The minimum absolute atomic E-state index is 0.0198. The molecule has 166 valence electrons. The zero-order chi connectivity index (χ0) is 22.6. The number of nitrogens with zero attached hydrogens (tertiary/aromatic N) is 1. The van der Waals surface area contributed by atoms with Crippen molar-refractivity contribution in [3.63, 3.8) is 0 Å². The van der Waals surface area contributed by atoms with Gasteiger partial charge in [-0.3, -0.25) is 19.4 Å². The van der Waals surface area contributed by atoms with Gasteiger partial charge in [-0.1, -0.05) is 25.1 Å². The maximum Gasteiger partial charge on any atom is 0.302 e. The summed E-state index contributed by atoms with van der Waals surface area (Å²) in [6, 6.07) is 3.90. The minimum atomic E-state index is -0.540. The van der Waals surface area contributed by atoms with Crippen molar-refractivity contribution in [1.82, 2.24) is 4.98 Å². The Hall–Kier alpha value is -3.22. The fourth-order valence-electron chi connectivity index (χ4n) is 5.98. The Kier molecular flexibility index (Phi) is 4.80. The molecule has 4 aliphatic rings. The highest BCUT2D eigenvalue weighted by atomic mass is 16.5. The summed E-state index contributed by atoms with van der Waals surface area (Å²) in [5, 5.41) is 0. The maximum absolute atomic E-state index is 12.6. The van der Waals surface area contributed by atoms with Crippen LogP contribution in [0.25, 0.3) is 0 Å². The molecule has 1 saturated carbocycles. The average molecular weight is 434 g/mol. The van der Waals surface area contributed by atoms with Crippen LogP contribution in [0.4, 0.5) is 0 Å². The van der Waals surface area contributed by atoms with E-state index in [0.29, 0.717) is 24.2 Å². The number of ether oxygens (including phenoxy) is 2. The number of hydrogen-bond donors (Lipinski definition) is 1. The van der Waals surface area contributed by atoms with Gasteiger partial charge in [0.2, 0.25) is 5.91 Å². The normalized spacial score (nSPS) is 35.2. The van der Waals surface area contributed by atoms with Crippen LogP contribution < -0.4 is 5.73 Å². The monoisotopic (exact) mass is 434 g/mol. The SMILES string of the molecule is CC(=O)OC1C[C@H]2[C@@H]3OC4=C(C=C3C=C[C@]2(C)[C@H]1c1cccnc1)C(=O)CC(C(N)=O)C4. The summed E-state index contributed by atoms with van der Waals surface area (Å²) in [6.07, 6.45) is 10.1. The van der Waals surface area contributed by atoms with Gasteiger partial charge in [0.05, 0.1) is 11.5 Å². The molecule has 7 nitrogen and oxygen atoms in total. The van der Waals surface area contributed by atoms with Crippen molar-refractivity contribution < 1.29 is 23.9 Å². The molecule has 1 amide bonds. The zero-order valence-electron chi connectivity index (χ0n) is 18.1. The molecule has 0 bridgehead atoms. The van der Waals surface area contributed by atoms with Crippen LogP contribution in [0.1, 0.15) is 44.6 Å². The molecular formula is C25H26N2O5. The highest BCUT2D eigenvalue weighted by Crippen LogP contribution is 2.60. The van der Waals surface area contributed by atoms with E-state index in [2.05, 4.69) is 18.0 Å². The number of aromatic nitrogens is 1. The number of ketones is 1. The first-order chi connectivity index (χ1) is 15.3. The van der Waals surface area contributed by atoms with Gasteiger partial charge in [-0.2, -0.15) is 0 Å². The third-order valence-electron chi connectivity index (χ3n) is 7.46. The van der Waals surface area contributed by atoms with E-state index in [1.165, 1.54) is 6.92 Å². The van der Waals surface area contributed by atoms with Gasteiger partial charge in [0, 0.05) is 49.4 Å². The Labute approximate surface area is 186 Å². The molecule has 1 aromatic rings. The topological polar surface area (TPSA) is 109 Å². The molecule has 7 heteroatoms. The van der Waals surface area contributed by atoms with Crippen LogP contribution in [0.5, 0.6) is 0 Å². The predicted molar refractivity (Wildman–Crippen MR) is 115 cm³/mol. The van der Waals surface area contributed by atoms with Gasteiger partial charge in [-0.15, -0.1) is 0 Å². The van der Waals surface area contributed by atoms with E-state index >= 15 is 0 Å². The maximum atomic E-state index is 12.6. The van der Waals surface area contributed by atoms with E-state index in [9.17, 15) is 14.4 Å². The van der Waals surface area contributed by atoms with E-state index in [1.54, 1.807) is 6.20 Å². The summed E-state index contributed by atoms with van der Waals surface area (Å²) in [6.45, 7) is 3.59. The summed E-state index contributed by atoms with van der Waals surface area (Å²) in [7, 11) is 0. The number of nitrogens with two attached hydrogens (primary N) is 1. The van der Waals surface area contributed by atoms with E-state index in [0.717, 1.165) is 11.1 Å². The first-order valence-electron chi connectivity index (χ1n) is 11.0. The number of primary amides is 1. The number of amides is 1. The van der Waals surface area contributed by atoms with E-state index in [1.807, 2.05) is 30.5 Å². The molecule has 1 fully saturated rings. The van der Waals surface area contributed by atoms with Crippen LogP contribution in [0.2, 0.25) is 0 Å². The van der Waals surface area contributed by atoms with Crippen LogP contribution in [0.3, 0.4) is 0 Å². The van der Waals surface area contributed by atoms with Gasteiger partial charge in [0.25, 0.3) is 0 Å². The molecule has 0 spiro atoms. The molecule has 6 atom stereocenters. The van der Waals surface area contributed by atoms with Crippen molar-refractivity contribution in [1.29, 1.82) is 0 Å². The van der Waals surface area contributed by atoms with Crippen LogP contribution >= 0.6 is 0 Å². The lowest BCUT2D eigenvalue weighted by molar-refractivity contribution is -0.147. The fraction of sp³-hybridized carbons (Fsp3) is 0.440. The van der Waals surface area contributed by atoms with Gasteiger partial charge in [-0.05, 0) is 29.7 Å². The van der Waals surface area contributed by atoms with E-state index in [-0.39, 0.29) is 47.6 Å². The molecule has 0 saturated heterocycles. The number of Topliss-reactive ketones (excluding diaryl/α,β-unsaturated/α-hetero) is 1. The van der Waals surface area contributed by atoms with Crippen molar-refractivity contribution in [2.24, 2.45) is 23.0 Å². The van der Waals surface area contributed by atoms with Crippen molar-refractivity contribution in [2.75, 3.05) is 0 Å². The van der Waals surface area contributed by atoms with Crippen molar-refractivity contribution in [3.8, 4) is 0 Å². The highest BCUT2D eigenvalue weighted by Gasteiger charge is 2.58. The molecule has 2 N–H and O–H groups in total. The van der Waals surface area contributed by atoms with E-state index in [4.69, 9.17) is 15.2 Å². The first-order valence-corrected chi connectivity index (χ1v) is 11.0. The average Bonchev–Trinajstić information content (AvgIpc) is 3.04. The standard InChI is InChI=1S/C25H26N2O5/c1-13(28)31-21-11-18-23-14(5-6-25(18,2)22(21)15-4-3-7-27-12-15)8-17-19(29)9-16(24(26)30)10-20(17)32-23/h3-8,12,16,18,21-23H,9-11H2,1-2H3,(H2,26,30)/t16?,18-,21?,22-,23+,25-/m0/s1.